The molecule has 0 spiro atoms. The molecule has 3 rings (SSSR count). The van der Waals surface area contributed by atoms with Gasteiger partial charge in [-0.3, -0.25) is 9.80 Å². The number of benzene rings is 1. The maximum atomic E-state index is 10.4. The van der Waals surface area contributed by atoms with Gasteiger partial charge in [-0.15, -0.1) is 0 Å². The summed E-state index contributed by atoms with van der Waals surface area (Å²) in [5.41, 5.74) is 1.74. The van der Waals surface area contributed by atoms with Gasteiger partial charge in [-0.1, -0.05) is 51.1 Å². The van der Waals surface area contributed by atoms with Gasteiger partial charge in [0.1, 0.15) is 0 Å². The van der Waals surface area contributed by atoms with Crippen LogP contribution in [0, 0.1) is 11.3 Å². The zero-order valence-corrected chi connectivity index (χ0v) is 17.4. The van der Waals surface area contributed by atoms with Crippen molar-refractivity contribution in [2.45, 2.75) is 58.8 Å². The molecular formula is C23H38N2O2. The molecule has 3 atom stereocenters. The molecule has 0 radical (unpaired) electrons. The second kappa shape index (κ2) is 9.51. The van der Waals surface area contributed by atoms with Crippen LogP contribution in [0.3, 0.4) is 0 Å². The molecule has 4 nitrogen and oxygen atoms in total. The van der Waals surface area contributed by atoms with Crippen LogP contribution in [-0.2, 0) is 11.3 Å². The highest BCUT2D eigenvalue weighted by atomic mass is 16.5. The van der Waals surface area contributed by atoms with Gasteiger partial charge in [0.2, 0.25) is 0 Å². The van der Waals surface area contributed by atoms with Crippen molar-refractivity contribution in [1.82, 2.24) is 9.80 Å². The number of hydrogen-bond donors (Lipinski definition) is 1. The second-order valence-electron chi connectivity index (χ2n) is 9.58. The highest BCUT2D eigenvalue weighted by Gasteiger charge is 2.32. The van der Waals surface area contributed by atoms with E-state index in [1.807, 2.05) is 0 Å². The van der Waals surface area contributed by atoms with E-state index in [-0.39, 0.29) is 6.10 Å². The fourth-order valence-corrected chi connectivity index (χ4v) is 4.95. The van der Waals surface area contributed by atoms with Crippen LogP contribution in [0.2, 0.25) is 0 Å². The predicted molar refractivity (Wildman–Crippen MR) is 111 cm³/mol. The molecule has 1 heterocycles. The average Bonchev–Trinajstić information content (AvgIpc) is 2.61. The number of nitrogens with zero attached hydrogens (tertiary/aromatic N) is 2. The Morgan fingerprint density at radius 2 is 1.74 bits per heavy atom. The second-order valence-corrected chi connectivity index (χ2v) is 9.58. The van der Waals surface area contributed by atoms with Gasteiger partial charge in [0, 0.05) is 39.3 Å². The summed E-state index contributed by atoms with van der Waals surface area (Å²) in [7, 11) is 0. The molecule has 1 N–H and O–H groups in total. The Kier molecular flexibility index (Phi) is 7.32. The van der Waals surface area contributed by atoms with Gasteiger partial charge < -0.3 is 9.84 Å². The average molecular weight is 375 g/mol. The first-order valence-electron chi connectivity index (χ1n) is 10.7. The first-order chi connectivity index (χ1) is 12.9. The lowest BCUT2D eigenvalue weighted by Crippen LogP contribution is -2.48. The first kappa shape index (κ1) is 20.8. The lowest BCUT2D eigenvalue weighted by atomic mass is 9.71. The van der Waals surface area contributed by atoms with E-state index in [9.17, 15) is 5.11 Å². The number of ether oxygens (including phenoxy) is 1. The maximum absolute atomic E-state index is 10.4. The SMILES string of the molecule is C[C@@H]1C[C@H](OC[C@@H](O)CN2CCN(Cc3ccccc3)CC2)CC(C)(C)C1. The van der Waals surface area contributed by atoms with Crippen LogP contribution >= 0.6 is 0 Å². The number of aliphatic hydroxyl groups excluding tert-OH is 1. The van der Waals surface area contributed by atoms with E-state index < -0.39 is 0 Å². The molecule has 1 aromatic rings. The minimum absolute atomic E-state index is 0.307. The minimum Gasteiger partial charge on any atom is -0.389 e. The van der Waals surface area contributed by atoms with E-state index in [2.05, 4.69) is 60.9 Å². The van der Waals surface area contributed by atoms with E-state index >= 15 is 0 Å². The molecule has 1 saturated heterocycles. The van der Waals surface area contributed by atoms with Gasteiger partial charge >= 0.3 is 0 Å². The van der Waals surface area contributed by atoms with Crippen molar-refractivity contribution in [2.24, 2.45) is 11.3 Å². The van der Waals surface area contributed by atoms with Crippen LogP contribution in [0.1, 0.15) is 45.6 Å². The van der Waals surface area contributed by atoms with E-state index in [1.165, 1.54) is 12.0 Å². The van der Waals surface area contributed by atoms with Crippen LogP contribution in [0.4, 0.5) is 0 Å². The lowest BCUT2D eigenvalue weighted by molar-refractivity contribution is -0.0634. The third-order valence-electron chi connectivity index (χ3n) is 6.05. The number of rotatable bonds is 7. The van der Waals surface area contributed by atoms with Gasteiger partial charge in [0.05, 0.1) is 18.8 Å². The molecule has 1 aliphatic heterocycles. The van der Waals surface area contributed by atoms with Crippen molar-refractivity contribution in [2.75, 3.05) is 39.3 Å². The molecule has 0 unspecified atom stereocenters. The third kappa shape index (κ3) is 6.86. The molecule has 27 heavy (non-hydrogen) atoms. The summed E-state index contributed by atoms with van der Waals surface area (Å²) in [6.07, 6.45) is 3.45. The fraction of sp³-hybridized carbons (Fsp3) is 0.739. The quantitative estimate of drug-likeness (QED) is 0.794. The highest BCUT2D eigenvalue weighted by molar-refractivity contribution is 5.14. The van der Waals surface area contributed by atoms with Crippen LogP contribution in [-0.4, -0.2) is 66.4 Å². The molecule has 1 aliphatic carbocycles. The Hall–Kier alpha value is -0.940. The van der Waals surface area contributed by atoms with E-state index in [0.29, 0.717) is 24.0 Å². The Balaban J connectivity index is 1.34. The predicted octanol–water partition coefficient (Wildman–Crippen LogP) is 3.40. The molecule has 4 heteroatoms. The molecule has 1 saturated carbocycles. The minimum atomic E-state index is -0.383. The zero-order valence-electron chi connectivity index (χ0n) is 17.4. The van der Waals surface area contributed by atoms with Gasteiger partial charge in [0.15, 0.2) is 0 Å². The molecule has 0 aromatic heterocycles. The Morgan fingerprint density at radius 3 is 2.41 bits per heavy atom. The zero-order chi connectivity index (χ0) is 19.3. The molecule has 1 aromatic carbocycles. The topological polar surface area (TPSA) is 35.9 Å². The number of piperazine rings is 1. The Bertz CT molecular complexity index is 555. The fourth-order valence-electron chi connectivity index (χ4n) is 4.95. The van der Waals surface area contributed by atoms with Crippen molar-refractivity contribution in [3.8, 4) is 0 Å². The smallest absolute Gasteiger partial charge is 0.0900 e. The summed E-state index contributed by atoms with van der Waals surface area (Å²) in [6.45, 7) is 13.4. The molecular weight excluding hydrogens is 336 g/mol. The van der Waals surface area contributed by atoms with Crippen LogP contribution in [0.5, 0.6) is 0 Å². The van der Waals surface area contributed by atoms with Crippen LogP contribution < -0.4 is 0 Å². The van der Waals surface area contributed by atoms with Crippen molar-refractivity contribution in [3.05, 3.63) is 35.9 Å². The molecule has 0 amide bonds. The Morgan fingerprint density at radius 1 is 1.07 bits per heavy atom. The number of aliphatic hydroxyl groups is 1. The summed E-state index contributed by atoms with van der Waals surface area (Å²) < 4.78 is 6.11. The molecule has 2 fully saturated rings. The van der Waals surface area contributed by atoms with Crippen molar-refractivity contribution in [1.29, 1.82) is 0 Å². The van der Waals surface area contributed by atoms with Gasteiger partial charge in [0.25, 0.3) is 0 Å². The summed E-state index contributed by atoms with van der Waals surface area (Å²) >= 11 is 0. The first-order valence-corrected chi connectivity index (χ1v) is 10.7. The Labute approximate surface area is 165 Å². The summed E-state index contributed by atoms with van der Waals surface area (Å²) in [4.78, 5) is 4.88. The normalized spacial score (nSPS) is 28.1. The standard InChI is InChI=1S/C23H38N2O2/c1-19-13-22(15-23(2,3)14-19)27-18-21(26)17-25-11-9-24(10-12-25)16-20-7-5-4-6-8-20/h4-8,19,21-22,26H,9-18H2,1-3H3/t19-,21+,22+/m1/s1. The monoisotopic (exact) mass is 374 g/mol. The van der Waals surface area contributed by atoms with E-state index in [4.69, 9.17) is 4.74 Å². The number of hydrogen-bond acceptors (Lipinski definition) is 4. The van der Waals surface area contributed by atoms with Crippen molar-refractivity contribution in [3.63, 3.8) is 0 Å². The maximum Gasteiger partial charge on any atom is 0.0900 e. The summed E-state index contributed by atoms with van der Waals surface area (Å²) in [6, 6.07) is 10.7. The van der Waals surface area contributed by atoms with Crippen LogP contribution in [0.25, 0.3) is 0 Å². The van der Waals surface area contributed by atoms with Crippen molar-refractivity contribution < 1.29 is 9.84 Å². The van der Waals surface area contributed by atoms with E-state index in [0.717, 1.165) is 52.1 Å². The largest absolute Gasteiger partial charge is 0.389 e. The summed E-state index contributed by atoms with van der Waals surface area (Å²) in [5, 5.41) is 10.4. The lowest BCUT2D eigenvalue weighted by Gasteiger charge is -2.39. The van der Waals surface area contributed by atoms with Gasteiger partial charge in [-0.25, -0.2) is 0 Å². The molecule has 0 bridgehead atoms. The van der Waals surface area contributed by atoms with Crippen LogP contribution in [0.15, 0.2) is 30.3 Å². The molecule has 2 aliphatic rings. The van der Waals surface area contributed by atoms with Gasteiger partial charge in [-0.2, -0.15) is 0 Å². The third-order valence-corrected chi connectivity index (χ3v) is 6.05. The highest BCUT2D eigenvalue weighted by Crippen LogP contribution is 2.39. The summed E-state index contributed by atoms with van der Waals surface area (Å²) in [5.74, 6) is 0.716. The number of β-amino-alcohol motifs (C(OH)–C–C–N with tert-alkyl or cyclic N) is 1. The van der Waals surface area contributed by atoms with Gasteiger partial charge in [-0.05, 0) is 36.2 Å². The molecule has 152 valence electrons. The van der Waals surface area contributed by atoms with Crippen molar-refractivity contribution >= 4 is 0 Å². The van der Waals surface area contributed by atoms with E-state index in [1.54, 1.807) is 0 Å².